The first-order chi connectivity index (χ1) is 12.2. The Balaban J connectivity index is 1.56. The van der Waals surface area contributed by atoms with Crippen molar-refractivity contribution in [2.24, 2.45) is 11.3 Å². The average Bonchev–Trinajstić information content (AvgIpc) is 3.36. The van der Waals surface area contributed by atoms with Crippen LogP contribution in [-0.2, 0) is 4.79 Å². The number of piperidine rings is 1. The van der Waals surface area contributed by atoms with Crippen molar-refractivity contribution in [3.63, 3.8) is 0 Å². The summed E-state index contributed by atoms with van der Waals surface area (Å²) in [6, 6.07) is 4.07. The first-order valence-electron chi connectivity index (χ1n) is 9.14. The first-order valence-corrected chi connectivity index (χ1v) is 9.14. The fourth-order valence-corrected chi connectivity index (χ4v) is 4.35. The van der Waals surface area contributed by atoms with Gasteiger partial charge in [-0.3, -0.25) is 4.79 Å². The van der Waals surface area contributed by atoms with Crippen LogP contribution in [0.2, 0.25) is 0 Å². The molecule has 1 aliphatic carbocycles. The van der Waals surface area contributed by atoms with Crippen molar-refractivity contribution >= 4 is 11.6 Å². The molecule has 0 N–H and O–H groups in total. The zero-order chi connectivity index (χ0) is 17.4. The Kier molecular flexibility index (Phi) is 4.03. The zero-order valence-electron chi connectivity index (χ0n) is 14.7. The minimum absolute atomic E-state index is 0.281. The third-order valence-corrected chi connectivity index (χ3v) is 5.89. The van der Waals surface area contributed by atoms with Crippen LogP contribution in [0.25, 0.3) is 0 Å². The number of pyridine rings is 1. The van der Waals surface area contributed by atoms with Gasteiger partial charge in [-0.05, 0) is 44.1 Å². The van der Waals surface area contributed by atoms with E-state index in [2.05, 4.69) is 20.9 Å². The Bertz CT molecular complexity index is 725. The van der Waals surface area contributed by atoms with Gasteiger partial charge in [-0.2, -0.15) is 5.26 Å². The predicted octanol–water partition coefficient (Wildman–Crippen LogP) is 2.19. The fourth-order valence-electron chi connectivity index (χ4n) is 4.35. The van der Waals surface area contributed by atoms with Crippen molar-refractivity contribution in [2.75, 3.05) is 38.2 Å². The topological polar surface area (TPSA) is 69.5 Å². The molecule has 1 saturated carbocycles. The van der Waals surface area contributed by atoms with Gasteiger partial charge in [-0.25, -0.2) is 4.98 Å². The van der Waals surface area contributed by atoms with Crippen LogP contribution in [0.4, 0.5) is 5.69 Å². The molecule has 1 aromatic heterocycles. The summed E-state index contributed by atoms with van der Waals surface area (Å²) in [5.41, 5.74) is 1.01. The van der Waals surface area contributed by atoms with E-state index in [0.29, 0.717) is 23.9 Å². The number of ether oxygens (including phenoxy) is 1. The van der Waals surface area contributed by atoms with Gasteiger partial charge in [0.1, 0.15) is 11.6 Å². The third kappa shape index (κ3) is 2.82. The molecule has 3 aliphatic rings. The molecule has 1 atom stereocenters. The van der Waals surface area contributed by atoms with Gasteiger partial charge in [0.2, 0.25) is 11.8 Å². The van der Waals surface area contributed by atoms with Gasteiger partial charge in [0.25, 0.3) is 0 Å². The molecule has 6 heteroatoms. The third-order valence-electron chi connectivity index (χ3n) is 5.89. The summed E-state index contributed by atoms with van der Waals surface area (Å²) < 4.78 is 5.23. The van der Waals surface area contributed by atoms with E-state index < -0.39 is 0 Å². The van der Waals surface area contributed by atoms with Crippen LogP contribution in [0.5, 0.6) is 5.88 Å². The molecule has 3 heterocycles. The number of carbonyl (C=O) groups excluding carboxylic acids is 1. The highest BCUT2D eigenvalue weighted by molar-refractivity contribution is 5.85. The Hall–Kier alpha value is -2.29. The molecule has 25 heavy (non-hydrogen) atoms. The quantitative estimate of drug-likeness (QED) is 0.840. The van der Waals surface area contributed by atoms with Gasteiger partial charge in [-0.15, -0.1) is 0 Å². The molecule has 1 spiro atoms. The number of amides is 1. The summed E-state index contributed by atoms with van der Waals surface area (Å²) in [6.07, 6.45) is 7.10. The van der Waals surface area contributed by atoms with E-state index in [0.717, 1.165) is 50.5 Å². The van der Waals surface area contributed by atoms with Crippen molar-refractivity contribution in [1.29, 1.82) is 5.26 Å². The highest BCUT2D eigenvalue weighted by Crippen LogP contribution is 2.43. The largest absolute Gasteiger partial charge is 0.480 e. The van der Waals surface area contributed by atoms with E-state index in [1.54, 1.807) is 6.20 Å². The fraction of sp³-hybridized carbons (Fsp3) is 0.632. The van der Waals surface area contributed by atoms with Gasteiger partial charge < -0.3 is 14.5 Å². The lowest BCUT2D eigenvalue weighted by Gasteiger charge is -2.39. The standard InChI is InChI=1S/C19H24N4O2/c1-25-17-15(11-20)16(5-8-21-17)23-10-7-19(13-23)6-2-9-22(18(19)24)12-14-3-4-14/h5,8,14H,2-4,6-7,9-10,12-13H2,1H3/t19-/m1/s1. The van der Waals surface area contributed by atoms with Gasteiger partial charge in [0, 0.05) is 32.4 Å². The average molecular weight is 340 g/mol. The Morgan fingerprint density at radius 1 is 1.40 bits per heavy atom. The number of nitrogens with zero attached hydrogens (tertiary/aromatic N) is 4. The lowest BCUT2D eigenvalue weighted by Crippen LogP contribution is -2.50. The van der Waals surface area contributed by atoms with Crippen LogP contribution in [-0.4, -0.2) is 49.1 Å². The Morgan fingerprint density at radius 2 is 2.24 bits per heavy atom. The Morgan fingerprint density at radius 3 is 2.96 bits per heavy atom. The zero-order valence-corrected chi connectivity index (χ0v) is 14.7. The molecular weight excluding hydrogens is 316 g/mol. The van der Waals surface area contributed by atoms with Crippen LogP contribution in [0, 0.1) is 22.7 Å². The second-order valence-corrected chi connectivity index (χ2v) is 7.58. The van der Waals surface area contributed by atoms with Gasteiger partial charge in [0.05, 0.1) is 18.2 Å². The van der Waals surface area contributed by atoms with Gasteiger partial charge in [-0.1, -0.05) is 0 Å². The molecule has 1 amide bonds. The molecule has 1 aromatic rings. The van der Waals surface area contributed by atoms with Crippen molar-refractivity contribution in [3.05, 3.63) is 17.8 Å². The minimum Gasteiger partial charge on any atom is -0.480 e. The normalized spacial score (nSPS) is 26.2. The summed E-state index contributed by atoms with van der Waals surface area (Å²) in [6.45, 7) is 3.33. The molecule has 0 radical (unpaired) electrons. The highest BCUT2D eigenvalue weighted by atomic mass is 16.5. The summed E-state index contributed by atoms with van der Waals surface area (Å²) in [5.74, 6) is 1.41. The van der Waals surface area contributed by atoms with Gasteiger partial charge >= 0.3 is 0 Å². The molecule has 6 nitrogen and oxygen atoms in total. The summed E-state index contributed by atoms with van der Waals surface area (Å²) in [4.78, 5) is 21.6. The number of anilines is 1. The number of carbonyl (C=O) groups is 1. The summed E-state index contributed by atoms with van der Waals surface area (Å²) >= 11 is 0. The highest BCUT2D eigenvalue weighted by Gasteiger charge is 2.49. The second kappa shape index (κ2) is 6.21. The smallest absolute Gasteiger partial charge is 0.233 e. The van der Waals surface area contributed by atoms with Crippen molar-refractivity contribution < 1.29 is 9.53 Å². The van der Waals surface area contributed by atoms with Crippen molar-refractivity contribution in [3.8, 4) is 11.9 Å². The van der Waals surface area contributed by atoms with Crippen LogP contribution in [0.15, 0.2) is 12.3 Å². The molecule has 0 aromatic carbocycles. The van der Waals surface area contributed by atoms with E-state index in [1.807, 2.05) is 6.07 Å². The number of methoxy groups -OCH3 is 1. The molecular formula is C19H24N4O2. The van der Waals surface area contributed by atoms with Crippen LogP contribution in [0.3, 0.4) is 0 Å². The molecule has 3 fully saturated rings. The summed E-state index contributed by atoms with van der Waals surface area (Å²) in [5, 5.41) is 9.52. The SMILES string of the molecule is COc1nccc(N2CC[C@]3(CCCN(CC4CC4)C3=O)C2)c1C#N. The molecule has 2 aliphatic heterocycles. The summed E-state index contributed by atoms with van der Waals surface area (Å²) in [7, 11) is 1.53. The number of nitriles is 1. The second-order valence-electron chi connectivity index (χ2n) is 7.58. The lowest BCUT2D eigenvalue weighted by atomic mass is 9.78. The molecule has 2 saturated heterocycles. The minimum atomic E-state index is -0.281. The maximum atomic E-state index is 13.2. The number of rotatable bonds is 4. The molecule has 0 unspecified atom stereocenters. The monoisotopic (exact) mass is 340 g/mol. The van der Waals surface area contributed by atoms with E-state index in [-0.39, 0.29) is 5.41 Å². The predicted molar refractivity (Wildman–Crippen MR) is 93.3 cm³/mol. The van der Waals surface area contributed by atoms with E-state index in [9.17, 15) is 10.1 Å². The molecule has 132 valence electrons. The number of hydrogen-bond acceptors (Lipinski definition) is 5. The molecule has 4 rings (SSSR count). The van der Waals surface area contributed by atoms with Crippen LogP contribution < -0.4 is 9.64 Å². The van der Waals surface area contributed by atoms with E-state index in [1.165, 1.54) is 20.0 Å². The maximum absolute atomic E-state index is 13.2. The number of likely N-dealkylation sites (tertiary alicyclic amines) is 1. The van der Waals surface area contributed by atoms with E-state index in [4.69, 9.17) is 4.74 Å². The number of hydrogen-bond donors (Lipinski definition) is 0. The first kappa shape index (κ1) is 16.2. The molecule has 0 bridgehead atoms. The van der Waals surface area contributed by atoms with Crippen LogP contribution >= 0.6 is 0 Å². The lowest BCUT2D eigenvalue weighted by molar-refractivity contribution is -0.145. The van der Waals surface area contributed by atoms with Crippen molar-refractivity contribution in [2.45, 2.75) is 32.1 Å². The maximum Gasteiger partial charge on any atom is 0.233 e. The van der Waals surface area contributed by atoms with Crippen LogP contribution in [0.1, 0.15) is 37.7 Å². The van der Waals surface area contributed by atoms with Crippen molar-refractivity contribution in [1.82, 2.24) is 9.88 Å². The van der Waals surface area contributed by atoms with Gasteiger partial charge in [0.15, 0.2) is 0 Å². The number of aromatic nitrogens is 1. The van der Waals surface area contributed by atoms with E-state index >= 15 is 0 Å². The Labute approximate surface area is 148 Å².